The van der Waals surface area contributed by atoms with Crippen LogP contribution in [-0.4, -0.2) is 10.9 Å². The van der Waals surface area contributed by atoms with Gasteiger partial charge in [0.1, 0.15) is 10.7 Å². The summed E-state index contributed by atoms with van der Waals surface area (Å²) in [5, 5.41) is 6.17. The Kier molecular flexibility index (Phi) is 5.28. The first-order chi connectivity index (χ1) is 15.1. The van der Waals surface area contributed by atoms with Crippen molar-refractivity contribution in [3.8, 4) is 22.4 Å². The Morgan fingerprint density at radius 2 is 1.65 bits per heavy atom. The van der Waals surface area contributed by atoms with Crippen LogP contribution in [0.3, 0.4) is 0 Å². The van der Waals surface area contributed by atoms with Crippen LogP contribution in [-0.2, 0) is 0 Å². The first-order valence-electron chi connectivity index (χ1n) is 9.39. The number of amides is 1. The van der Waals surface area contributed by atoms with Gasteiger partial charge in [0.2, 0.25) is 0 Å². The van der Waals surface area contributed by atoms with E-state index in [4.69, 9.17) is 11.6 Å². The van der Waals surface area contributed by atoms with Crippen molar-refractivity contribution in [2.24, 2.45) is 0 Å². The smallest absolute Gasteiger partial charge is 0.269 e. The number of benzene rings is 3. The van der Waals surface area contributed by atoms with E-state index >= 15 is 0 Å². The maximum Gasteiger partial charge on any atom is 0.269 e. The number of thiazole rings is 1. The van der Waals surface area contributed by atoms with Crippen molar-refractivity contribution in [1.82, 2.24) is 4.98 Å². The van der Waals surface area contributed by atoms with Gasteiger partial charge in [-0.25, -0.2) is 9.37 Å². The highest BCUT2D eigenvalue weighted by atomic mass is 35.5. The van der Waals surface area contributed by atoms with Crippen LogP contribution in [0.1, 0.15) is 9.67 Å². The van der Waals surface area contributed by atoms with E-state index in [1.165, 1.54) is 23.5 Å². The van der Waals surface area contributed by atoms with Crippen molar-refractivity contribution in [2.75, 3.05) is 5.32 Å². The monoisotopic (exact) mass is 464 g/mol. The number of hydrogen-bond donors (Lipinski definition) is 1. The molecule has 0 saturated heterocycles. The fraction of sp³-hybridized carbons (Fsp3) is 0. The van der Waals surface area contributed by atoms with Gasteiger partial charge in [0.15, 0.2) is 5.13 Å². The molecule has 0 aliphatic carbocycles. The molecule has 0 atom stereocenters. The van der Waals surface area contributed by atoms with Gasteiger partial charge in [-0.05, 0) is 29.3 Å². The molecule has 3 nitrogen and oxygen atoms in total. The van der Waals surface area contributed by atoms with Crippen molar-refractivity contribution in [3.63, 3.8) is 0 Å². The normalized spacial score (nSPS) is 11.0. The molecule has 0 spiro atoms. The van der Waals surface area contributed by atoms with Crippen LogP contribution in [0.25, 0.3) is 32.5 Å². The Hall–Kier alpha value is -3.06. The van der Waals surface area contributed by atoms with Gasteiger partial charge in [-0.15, -0.1) is 22.7 Å². The third kappa shape index (κ3) is 3.97. The number of rotatable bonds is 4. The van der Waals surface area contributed by atoms with Crippen LogP contribution in [0.4, 0.5) is 9.52 Å². The molecule has 0 aliphatic heterocycles. The van der Waals surface area contributed by atoms with E-state index in [1.54, 1.807) is 6.07 Å². The highest BCUT2D eigenvalue weighted by Crippen LogP contribution is 2.36. The minimum Gasteiger partial charge on any atom is -0.297 e. The van der Waals surface area contributed by atoms with Crippen LogP contribution in [0.2, 0.25) is 5.02 Å². The van der Waals surface area contributed by atoms with E-state index in [9.17, 15) is 9.18 Å². The molecule has 5 rings (SSSR count). The molecule has 3 aromatic carbocycles. The SMILES string of the molecule is O=C(Nc1nc(-c2ccc(-c3ccccc3)cc2)cs1)c1sc2cc(F)ccc2c1Cl. The van der Waals surface area contributed by atoms with Crippen LogP contribution < -0.4 is 5.32 Å². The molecule has 31 heavy (non-hydrogen) atoms. The van der Waals surface area contributed by atoms with Gasteiger partial charge in [-0.3, -0.25) is 10.1 Å². The maximum absolute atomic E-state index is 13.5. The van der Waals surface area contributed by atoms with E-state index < -0.39 is 0 Å². The average Bonchev–Trinajstić information content (AvgIpc) is 3.39. The molecule has 0 radical (unpaired) electrons. The second-order valence-corrected chi connectivity index (χ2v) is 9.11. The lowest BCUT2D eigenvalue weighted by molar-refractivity contribution is 0.103. The van der Waals surface area contributed by atoms with Crippen molar-refractivity contribution >= 4 is 55.4 Å². The van der Waals surface area contributed by atoms with Crippen molar-refractivity contribution in [1.29, 1.82) is 0 Å². The van der Waals surface area contributed by atoms with Gasteiger partial charge in [0, 0.05) is 21.0 Å². The molecule has 2 heterocycles. The standard InChI is InChI=1S/C24H14ClFN2OS2/c25-21-18-11-10-17(26)12-20(18)31-22(21)23(29)28-24-27-19(13-30-24)16-8-6-15(7-9-16)14-4-2-1-3-5-14/h1-13H,(H,27,28,29). The molecule has 0 unspecified atom stereocenters. The van der Waals surface area contributed by atoms with Gasteiger partial charge in [-0.2, -0.15) is 0 Å². The Labute approximate surface area is 190 Å². The highest BCUT2D eigenvalue weighted by molar-refractivity contribution is 7.22. The summed E-state index contributed by atoms with van der Waals surface area (Å²) in [4.78, 5) is 17.6. The highest BCUT2D eigenvalue weighted by Gasteiger charge is 2.19. The number of halogens is 2. The average molecular weight is 465 g/mol. The molecule has 0 bridgehead atoms. The number of carbonyl (C=O) groups is 1. The zero-order valence-electron chi connectivity index (χ0n) is 15.9. The molecule has 2 aromatic heterocycles. The number of nitrogens with one attached hydrogen (secondary N) is 1. The summed E-state index contributed by atoms with van der Waals surface area (Å²) < 4.78 is 14.1. The molecule has 1 N–H and O–H groups in total. The number of fused-ring (bicyclic) bond motifs is 1. The zero-order valence-corrected chi connectivity index (χ0v) is 18.3. The molecule has 0 saturated carbocycles. The Bertz CT molecular complexity index is 1390. The first-order valence-corrected chi connectivity index (χ1v) is 11.5. The van der Waals surface area contributed by atoms with Gasteiger partial charge in [-0.1, -0.05) is 66.2 Å². The number of aromatic nitrogens is 1. The topological polar surface area (TPSA) is 42.0 Å². The summed E-state index contributed by atoms with van der Waals surface area (Å²) in [6.45, 7) is 0. The molecular weight excluding hydrogens is 451 g/mol. The minimum atomic E-state index is -0.361. The van der Waals surface area contributed by atoms with Crippen LogP contribution in [0.5, 0.6) is 0 Å². The lowest BCUT2D eigenvalue weighted by atomic mass is 10.0. The third-order valence-electron chi connectivity index (χ3n) is 4.81. The summed E-state index contributed by atoms with van der Waals surface area (Å²) in [6.07, 6.45) is 0. The Morgan fingerprint density at radius 3 is 2.42 bits per heavy atom. The van der Waals surface area contributed by atoms with Crippen molar-refractivity contribution in [3.05, 3.63) is 93.9 Å². The van der Waals surface area contributed by atoms with E-state index in [0.29, 0.717) is 25.1 Å². The zero-order chi connectivity index (χ0) is 21.4. The number of carbonyl (C=O) groups excluding carboxylic acids is 1. The van der Waals surface area contributed by atoms with Crippen LogP contribution in [0, 0.1) is 5.82 Å². The number of anilines is 1. The number of hydrogen-bond acceptors (Lipinski definition) is 4. The molecule has 152 valence electrons. The van der Waals surface area contributed by atoms with E-state index in [0.717, 1.165) is 33.7 Å². The third-order valence-corrected chi connectivity index (χ3v) is 7.22. The first kappa shape index (κ1) is 19.9. The fourth-order valence-corrected chi connectivity index (χ4v) is 5.42. The van der Waals surface area contributed by atoms with Gasteiger partial charge < -0.3 is 0 Å². The fourth-order valence-electron chi connectivity index (χ4n) is 3.27. The van der Waals surface area contributed by atoms with Gasteiger partial charge in [0.25, 0.3) is 5.91 Å². The molecule has 5 aromatic rings. The maximum atomic E-state index is 13.5. The predicted molar refractivity (Wildman–Crippen MR) is 128 cm³/mol. The summed E-state index contributed by atoms with van der Waals surface area (Å²) in [5.41, 5.74) is 4.03. The van der Waals surface area contributed by atoms with E-state index in [2.05, 4.69) is 34.6 Å². The van der Waals surface area contributed by atoms with Gasteiger partial charge in [0.05, 0.1) is 10.7 Å². The second kappa shape index (κ2) is 8.23. The van der Waals surface area contributed by atoms with Crippen LogP contribution >= 0.6 is 34.3 Å². The quantitative estimate of drug-likeness (QED) is 0.295. The lowest BCUT2D eigenvalue weighted by Gasteiger charge is -2.03. The van der Waals surface area contributed by atoms with Crippen molar-refractivity contribution in [2.45, 2.75) is 0 Å². The van der Waals surface area contributed by atoms with E-state index in [-0.39, 0.29) is 11.7 Å². The van der Waals surface area contributed by atoms with Gasteiger partial charge >= 0.3 is 0 Å². The molecule has 0 fully saturated rings. The van der Waals surface area contributed by atoms with E-state index in [1.807, 2.05) is 35.7 Å². The summed E-state index contributed by atoms with van der Waals surface area (Å²) in [6, 6.07) is 22.6. The van der Waals surface area contributed by atoms with Crippen LogP contribution in [0.15, 0.2) is 78.2 Å². The molecule has 1 amide bonds. The van der Waals surface area contributed by atoms with Crippen molar-refractivity contribution < 1.29 is 9.18 Å². The minimum absolute atomic E-state index is 0.325. The largest absolute Gasteiger partial charge is 0.297 e. The summed E-state index contributed by atoms with van der Waals surface area (Å²) in [5.74, 6) is -0.716. The molecule has 7 heteroatoms. The summed E-state index contributed by atoms with van der Waals surface area (Å²) in [7, 11) is 0. The molecule has 0 aliphatic rings. The number of nitrogens with zero attached hydrogens (tertiary/aromatic N) is 1. The second-order valence-electron chi connectivity index (χ2n) is 6.82. The predicted octanol–water partition coefficient (Wildman–Crippen LogP) is 7.74. The molecular formula is C24H14ClFN2OS2. The Balaban J connectivity index is 1.35. The number of thiophene rings is 1. The lowest BCUT2D eigenvalue weighted by Crippen LogP contribution is -2.10. The Morgan fingerprint density at radius 1 is 0.935 bits per heavy atom. The summed E-state index contributed by atoms with van der Waals surface area (Å²) >= 11 is 8.85.